The maximum absolute atomic E-state index is 10.4. The van der Waals surface area contributed by atoms with Crippen molar-refractivity contribution in [3.63, 3.8) is 0 Å². The van der Waals surface area contributed by atoms with E-state index in [2.05, 4.69) is 16.6 Å². The van der Waals surface area contributed by atoms with Gasteiger partial charge in [0.15, 0.2) is 0 Å². The van der Waals surface area contributed by atoms with E-state index < -0.39 is 5.97 Å². The lowest BCUT2D eigenvalue weighted by atomic mass is 10.1. The lowest BCUT2D eigenvalue weighted by Gasteiger charge is -1.93. The Kier molecular flexibility index (Phi) is 4.39. The predicted octanol–water partition coefficient (Wildman–Crippen LogP) is 1.21. The summed E-state index contributed by atoms with van der Waals surface area (Å²) in [6, 6.07) is 0. The average Bonchev–Trinajstić information content (AvgIpc) is 1.99. The van der Waals surface area contributed by atoms with Crippen LogP contribution in [0.4, 0.5) is 0 Å². The van der Waals surface area contributed by atoms with Gasteiger partial charge in [0, 0.05) is 11.8 Å². The van der Waals surface area contributed by atoms with E-state index in [1.807, 2.05) is 13.8 Å². The fourth-order valence-corrected chi connectivity index (χ4v) is 0.335. The molecule has 0 aliphatic rings. The zero-order valence-corrected chi connectivity index (χ0v) is 6.60. The van der Waals surface area contributed by atoms with Crippen LogP contribution in [-0.2, 0) is 9.53 Å². The van der Waals surface area contributed by atoms with Gasteiger partial charge in [0.1, 0.15) is 0 Å². The third-order valence-electron chi connectivity index (χ3n) is 1.22. The molecule has 0 radical (unpaired) electrons. The number of carbonyl (C=O) groups is 1. The first kappa shape index (κ1) is 9.03. The Morgan fingerprint density at radius 2 is 2.30 bits per heavy atom. The summed E-state index contributed by atoms with van der Waals surface area (Å²) in [5.41, 5.74) is 0. The second-order valence-electron chi connectivity index (χ2n) is 2.07. The van der Waals surface area contributed by atoms with Crippen molar-refractivity contribution < 1.29 is 9.53 Å². The molecule has 0 aromatic heterocycles. The Morgan fingerprint density at radius 3 is 2.70 bits per heavy atom. The second kappa shape index (κ2) is 4.87. The first-order valence-corrected chi connectivity index (χ1v) is 3.30. The molecule has 0 aliphatic carbocycles. The molecule has 0 bridgehead atoms. The van der Waals surface area contributed by atoms with E-state index in [0.29, 0.717) is 0 Å². The summed E-state index contributed by atoms with van der Waals surface area (Å²) in [6.45, 7) is 3.99. The van der Waals surface area contributed by atoms with Crippen LogP contribution in [0, 0.1) is 17.8 Å². The highest BCUT2D eigenvalue weighted by Crippen LogP contribution is 1.95. The van der Waals surface area contributed by atoms with Crippen LogP contribution in [0.1, 0.15) is 20.3 Å². The zero-order valence-electron chi connectivity index (χ0n) is 6.60. The van der Waals surface area contributed by atoms with Gasteiger partial charge in [-0.1, -0.05) is 19.8 Å². The Labute approximate surface area is 61.6 Å². The molecule has 2 nitrogen and oxygen atoms in total. The highest BCUT2D eigenvalue weighted by molar-refractivity contribution is 5.88. The molecule has 0 rings (SSSR count). The quantitative estimate of drug-likeness (QED) is 0.311. The summed E-state index contributed by atoms with van der Waals surface area (Å²) < 4.78 is 4.33. The molecule has 1 atom stereocenters. The van der Waals surface area contributed by atoms with Crippen molar-refractivity contribution in [3.05, 3.63) is 0 Å². The van der Waals surface area contributed by atoms with E-state index in [4.69, 9.17) is 0 Å². The van der Waals surface area contributed by atoms with Crippen molar-refractivity contribution >= 4 is 5.97 Å². The molecule has 2 heteroatoms. The zero-order chi connectivity index (χ0) is 7.98. The van der Waals surface area contributed by atoms with Gasteiger partial charge in [-0.05, 0) is 6.42 Å². The minimum Gasteiger partial charge on any atom is -0.459 e. The van der Waals surface area contributed by atoms with Gasteiger partial charge < -0.3 is 4.74 Å². The summed E-state index contributed by atoms with van der Waals surface area (Å²) in [4.78, 5) is 10.4. The second-order valence-corrected chi connectivity index (χ2v) is 2.07. The van der Waals surface area contributed by atoms with Gasteiger partial charge >= 0.3 is 5.97 Å². The molecule has 0 saturated carbocycles. The first-order chi connectivity index (χ1) is 4.70. The third kappa shape index (κ3) is 3.96. The molecule has 0 aromatic carbocycles. The van der Waals surface area contributed by atoms with Crippen molar-refractivity contribution in [1.82, 2.24) is 0 Å². The number of rotatable bonds is 1. The molecule has 56 valence electrons. The minimum atomic E-state index is -0.458. The maximum Gasteiger partial charge on any atom is 0.384 e. The average molecular weight is 140 g/mol. The van der Waals surface area contributed by atoms with Crippen LogP contribution in [0.3, 0.4) is 0 Å². The van der Waals surface area contributed by atoms with E-state index in [1.165, 1.54) is 7.11 Å². The Morgan fingerprint density at radius 1 is 1.70 bits per heavy atom. The first-order valence-electron chi connectivity index (χ1n) is 3.30. The molecule has 0 saturated heterocycles. The normalized spacial score (nSPS) is 11.1. The van der Waals surface area contributed by atoms with Gasteiger partial charge in [-0.15, -0.1) is 0 Å². The van der Waals surface area contributed by atoms with Crippen molar-refractivity contribution in [2.75, 3.05) is 7.11 Å². The largest absolute Gasteiger partial charge is 0.459 e. The van der Waals surface area contributed by atoms with Crippen molar-refractivity contribution in [3.8, 4) is 11.8 Å². The lowest BCUT2D eigenvalue weighted by molar-refractivity contribution is -0.133. The molecule has 0 fully saturated rings. The summed E-state index contributed by atoms with van der Waals surface area (Å²) in [5.74, 6) is 4.95. The Hall–Kier alpha value is -0.970. The van der Waals surface area contributed by atoms with Crippen molar-refractivity contribution in [2.24, 2.45) is 5.92 Å². The van der Waals surface area contributed by atoms with E-state index in [1.54, 1.807) is 0 Å². The molecule has 0 aliphatic heterocycles. The highest BCUT2D eigenvalue weighted by atomic mass is 16.5. The number of esters is 1. The fraction of sp³-hybridized carbons (Fsp3) is 0.625. The SMILES string of the molecule is CC[C@@H](C)C#CC(=O)OC. The molecule has 0 heterocycles. The maximum atomic E-state index is 10.4. The van der Waals surface area contributed by atoms with Gasteiger partial charge in [-0.3, -0.25) is 0 Å². The van der Waals surface area contributed by atoms with Crippen LogP contribution in [0.25, 0.3) is 0 Å². The smallest absolute Gasteiger partial charge is 0.384 e. The topological polar surface area (TPSA) is 26.3 Å². The molecule has 0 N–H and O–H groups in total. The van der Waals surface area contributed by atoms with E-state index >= 15 is 0 Å². The van der Waals surface area contributed by atoms with Crippen LogP contribution in [-0.4, -0.2) is 13.1 Å². The third-order valence-corrected chi connectivity index (χ3v) is 1.22. The van der Waals surface area contributed by atoms with Gasteiger partial charge in [0.2, 0.25) is 0 Å². The standard InChI is InChI=1S/C8H12O2/c1-4-7(2)5-6-8(9)10-3/h7H,4H2,1-3H3/t7-/m1/s1. The fourth-order valence-electron chi connectivity index (χ4n) is 0.335. The summed E-state index contributed by atoms with van der Waals surface area (Å²) >= 11 is 0. The van der Waals surface area contributed by atoms with Gasteiger partial charge in [0.05, 0.1) is 7.11 Å². The lowest BCUT2D eigenvalue weighted by Crippen LogP contribution is -1.96. The highest BCUT2D eigenvalue weighted by Gasteiger charge is 1.92. The summed E-state index contributed by atoms with van der Waals surface area (Å²) in [7, 11) is 1.33. The Bertz CT molecular complexity index is 162. The molecular formula is C8H12O2. The molecule has 0 aromatic rings. The molecule has 10 heavy (non-hydrogen) atoms. The van der Waals surface area contributed by atoms with E-state index in [0.717, 1.165) is 6.42 Å². The van der Waals surface area contributed by atoms with Crippen LogP contribution in [0.5, 0.6) is 0 Å². The molecule has 0 unspecified atom stereocenters. The van der Waals surface area contributed by atoms with Crippen LogP contribution in [0.15, 0.2) is 0 Å². The van der Waals surface area contributed by atoms with Crippen LogP contribution in [0.2, 0.25) is 0 Å². The number of hydrogen-bond acceptors (Lipinski definition) is 2. The van der Waals surface area contributed by atoms with Gasteiger partial charge in [0.25, 0.3) is 0 Å². The number of ether oxygens (including phenoxy) is 1. The molecule has 0 spiro atoms. The van der Waals surface area contributed by atoms with E-state index in [9.17, 15) is 4.79 Å². The van der Waals surface area contributed by atoms with Crippen molar-refractivity contribution in [1.29, 1.82) is 0 Å². The predicted molar refractivity (Wildman–Crippen MR) is 39.2 cm³/mol. The number of carbonyl (C=O) groups excluding carboxylic acids is 1. The van der Waals surface area contributed by atoms with E-state index in [-0.39, 0.29) is 5.92 Å². The van der Waals surface area contributed by atoms with Crippen LogP contribution >= 0.6 is 0 Å². The minimum absolute atomic E-state index is 0.277. The Balaban J connectivity index is 3.78. The summed E-state index contributed by atoms with van der Waals surface area (Å²) in [6.07, 6.45) is 0.962. The van der Waals surface area contributed by atoms with Gasteiger partial charge in [-0.2, -0.15) is 0 Å². The summed E-state index contributed by atoms with van der Waals surface area (Å²) in [5, 5.41) is 0. The molecular weight excluding hydrogens is 128 g/mol. The van der Waals surface area contributed by atoms with Crippen molar-refractivity contribution in [2.45, 2.75) is 20.3 Å². The number of methoxy groups -OCH3 is 1. The monoisotopic (exact) mass is 140 g/mol. The number of hydrogen-bond donors (Lipinski definition) is 0. The van der Waals surface area contributed by atoms with Crippen LogP contribution < -0.4 is 0 Å². The van der Waals surface area contributed by atoms with Gasteiger partial charge in [-0.25, -0.2) is 4.79 Å². The molecule has 0 amide bonds.